The normalized spacial score (nSPS) is 12.8. The molecule has 0 saturated heterocycles. The predicted molar refractivity (Wildman–Crippen MR) is 83.8 cm³/mol. The van der Waals surface area contributed by atoms with Gasteiger partial charge in [-0.3, -0.25) is 0 Å². The van der Waals surface area contributed by atoms with Gasteiger partial charge in [0.2, 0.25) is 0 Å². The molecule has 0 aliphatic heterocycles. The van der Waals surface area contributed by atoms with Crippen molar-refractivity contribution < 1.29 is 4.42 Å². The molecule has 3 aromatic rings. The Bertz CT molecular complexity index is 723. The van der Waals surface area contributed by atoms with Crippen LogP contribution in [0, 0.1) is 0 Å². The molecule has 0 fully saturated rings. The van der Waals surface area contributed by atoms with Crippen LogP contribution in [0.5, 0.6) is 0 Å². The predicted octanol–water partition coefficient (Wildman–Crippen LogP) is 4.49. The Kier molecular flexibility index (Phi) is 3.78. The van der Waals surface area contributed by atoms with Crippen LogP contribution in [0.15, 0.2) is 51.4 Å². The van der Waals surface area contributed by atoms with Crippen LogP contribution < -0.4 is 5.73 Å². The molecule has 1 heterocycles. The molecule has 0 bridgehead atoms. The van der Waals surface area contributed by atoms with Crippen LogP contribution in [0.1, 0.15) is 17.5 Å². The minimum absolute atomic E-state index is 0.184. The molecular formula is C15H12BrClN2O. The van der Waals surface area contributed by atoms with Gasteiger partial charge >= 0.3 is 0 Å². The fraction of sp³-hybridized carbons (Fsp3) is 0.133. The molecular weight excluding hydrogens is 340 g/mol. The SMILES string of the molecule is NC(Cc1nc2ccccc2o1)c1ccc(Cl)c(Br)c1. The van der Waals surface area contributed by atoms with Gasteiger partial charge < -0.3 is 10.2 Å². The average Bonchev–Trinajstić information content (AvgIpc) is 2.83. The standard InChI is InChI=1S/C15H12BrClN2O/c16-10-7-9(5-6-11(10)17)12(18)8-15-19-13-3-1-2-4-14(13)20-15/h1-7,12H,8,18H2. The van der Waals surface area contributed by atoms with E-state index in [2.05, 4.69) is 20.9 Å². The largest absolute Gasteiger partial charge is 0.441 e. The first kappa shape index (κ1) is 13.6. The highest BCUT2D eigenvalue weighted by atomic mass is 79.9. The summed E-state index contributed by atoms with van der Waals surface area (Å²) in [6.07, 6.45) is 0.544. The average molecular weight is 352 g/mol. The van der Waals surface area contributed by atoms with Crippen molar-refractivity contribution in [3.63, 3.8) is 0 Å². The summed E-state index contributed by atoms with van der Waals surface area (Å²) in [5, 5.41) is 0.669. The third-order valence-electron chi connectivity index (χ3n) is 3.10. The topological polar surface area (TPSA) is 52.0 Å². The highest BCUT2D eigenvalue weighted by molar-refractivity contribution is 9.10. The van der Waals surface area contributed by atoms with Crippen molar-refractivity contribution in [2.45, 2.75) is 12.5 Å². The van der Waals surface area contributed by atoms with E-state index in [0.717, 1.165) is 21.1 Å². The van der Waals surface area contributed by atoms with Crippen LogP contribution in [0.2, 0.25) is 5.02 Å². The van der Waals surface area contributed by atoms with Crippen LogP contribution in [0.25, 0.3) is 11.1 Å². The van der Waals surface area contributed by atoms with Gasteiger partial charge in [-0.2, -0.15) is 0 Å². The Labute approximate surface area is 129 Å². The first-order chi connectivity index (χ1) is 9.63. The Balaban J connectivity index is 1.84. The number of halogens is 2. The van der Waals surface area contributed by atoms with Crippen molar-refractivity contribution in [2.75, 3.05) is 0 Å². The van der Waals surface area contributed by atoms with Gasteiger partial charge in [0.25, 0.3) is 0 Å². The lowest BCUT2D eigenvalue weighted by Crippen LogP contribution is -2.13. The summed E-state index contributed by atoms with van der Waals surface area (Å²) in [6, 6.07) is 13.2. The zero-order valence-electron chi connectivity index (χ0n) is 10.5. The van der Waals surface area contributed by atoms with E-state index in [-0.39, 0.29) is 6.04 Å². The zero-order chi connectivity index (χ0) is 14.1. The molecule has 0 amide bonds. The minimum Gasteiger partial charge on any atom is -0.441 e. The van der Waals surface area contributed by atoms with Crippen LogP contribution in [0.3, 0.4) is 0 Å². The molecule has 5 heteroatoms. The summed E-state index contributed by atoms with van der Waals surface area (Å²) in [7, 11) is 0. The molecule has 0 radical (unpaired) electrons. The van der Waals surface area contributed by atoms with Crippen molar-refractivity contribution in [1.82, 2.24) is 4.98 Å². The molecule has 0 saturated carbocycles. The first-order valence-electron chi connectivity index (χ1n) is 6.18. The van der Waals surface area contributed by atoms with Crippen molar-refractivity contribution in [3.05, 3.63) is 63.4 Å². The number of para-hydroxylation sites is 2. The molecule has 0 aliphatic carbocycles. The third kappa shape index (κ3) is 2.73. The number of fused-ring (bicyclic) bond motifs is 1. The summed E-state index contributed by atoms with van der Waals surface area (Å²) in [6.45, 7) is 0. The van der Waals surface area contributed by atoms with Gasteiger partial charge in [-0.05, 0) is 45.8 Å². The number of hydrogen-bond donors (Lipinski definition) is 1. The van der Waals surface area contributed by atoms with Gasteiger partial charge in [-0.25, -0.2) is 4.98 Å². The monoisotopic (exact) mass is 350 g/mol. The van der Waals surface area contributed by atoms with E-state index in [4.69, 9.17) is 21.8 Å². The Morgan fingerprint density at radius 3 is 2.80 bits per heavy atom. The number of oxazole rings is 1. The maximum atomic E-state index is 6.20. The van der Waals surface area contributed by atoms with Crippen LogP contribution in [-0.2, 0) is 6.42 Å². The summed E-state index contributed by atoms with van der Waals surface area (Å²) >= 11 is 9.38. The molecule has 3 rings (SSSR count). The smallest absolute Gasteiger partial charge is 0.197 e. The lowest BCUT2D eigenvalue weighted by atomic mass is 10.1. The summed E-state index contributed by atoms with van der Waals surface area (Å²) in [4.78, 5) is 4.43. The Morgan fingerprint density at radius 2 is 2.05 bits per heavy atom. The van der Waals surface area contributed by atoms with Crippen molar-refractivity contribution >= 4 is 38.6 Å². The van der Waals surface area contributed by atoms with Crippen molar-refractivity contribution in [1.29, 1.82) is 0 Å². The van der Waals surface area contributed by atoms with Crippen molar-refractivity contribution in [2.24, 2.45) is 5.73 Å². The zero-order valence-corrected chi connectivity index (χ0v) is 12.9. The second-order valence-electron chi connectivity index (χ2n) is 4.56. The van der Waals surface area contributed by atoms with E-state index in [1.54, 1.807) is 0 Å². The van der Waals surface area contributed by atoms with E-state index in [1.165, 1.54) is 0 Å². The summed E-state index contributed by atoms with van der Waals surface area (Å²) < 4.78 is 6.52. The van der Waals surface area contributed by atoms with Gasteiger partial charge in [0, 0.05) is 16.9 Å². The third-order valence-corrected chi connectivity index (χ3v) is 4.32. The summed E-state index contributed by atoms with van der Waals surface area (Å²) in [5.41, 5.74) is 8.83. The van der Waals surface area contributed by atoms with E-state index in [0.29, 0.717) is 17.3 Å². The van der Waals surface area contributed by atoms with E-state index in [9.17, 15) is 0 Å². The molecule has 1 unspecified atom stereocenters. The van der Waals surface area contributed by atoms with E-state index < -0.39 is 0 Å². The van der Waals surface area contributed by atoms with Crippen LogP contribution in [0.4, 0.5) is 0 Å². The minimum atomic E-state index is -0.184. The Morgan fingerprint density at radius 1 is 1.25 bits per heavy atom. The lowest BCUT2D eigenvalue weighted by Gasteiger charge is -2.10. The number of benzene rings is 2. The van der Waals surface area contributed by atoms with Crippen molar-refractivity contribution in [3.8, 4) is 0 Å². The molecule has 20 heavy (non-hydrogen) atoms. The van der Waals surface area contributed by atoms with E-state index in [1.807, 2.05) is 42.5 Å². The number of nitrogens with two attached hydrogens (primary N) is 1. The maximum Gasteiger partial charge on any atom is 0.197 e. The first-order valence-corrected chi connectivity index (χ1v) is 7.35. The fourth-order valence-electron chi connectivity index (χ4n) is 2.06. The van der Waals surface area contributed by atoms with Crippen LogP contribution in [-0.4, -0.2) is 4.98 Å². The molecule has 0 spiro atoms. The van der Waals surface area contributed by atoms with Gasteiger partial charge in [0.05, 0.1) is 5.02 Å². The van der Waals surface area contributed by atoms with Gasteiger partial charge in [-0.1, -0.05) is 29.8 Å². The second kappa shape index (κ2) is 5.56. The molecule has 1 atom stereocenters. The molecule has 1 aromatic heterocycles. The maximum absolute atomic E-state index is 6.20. The van der Waals surface area contributed by atoms with Gasteiger partial charge in [0.1, 0.15) is 5.52 Å². The Hall–Kier alpha value is -1.36. The number of rotatable bonds is 3. The number of hydrogen-bond acceptors (Lipinski definition) is 3. The van der Waals surface area contributed by atoms with Crippen LogP contribution >= 0.6 is 27.5 Å². The molecule has 2 N–H and O–H groups in total. The lowest BCUT2D eigenvalue weighted by molar-refractivity contribution is 0.502. The van der Waals surface area contributed by atoms with Gasteiger partial charge in [0.15, 0.2) is 11.5 Å². The molecule has 0 aliphatic rings. The quantitative estimate of drug-likeness (QED) is 0.756. The highest BCUT2D eigenvalue weighted by Gasteiger charge is 2.13. The fourth-order valence-corrected chi connectivity index (χ4v) is 2.57. The number of nitrogens with zero attached hydrogens (tertiary/aromatic N) is 1. The van der Waals surface area contributed by atoms with Gasteiger partial charge in [-0.15, -0.1) is 0 Å². The molecule has 3 nitrogen and oxygen atoms in total. The second-order valence-corrected chi connectivity index (χ2v) is 5.82. The number of aromatic nitrogens is 1. The highest BCUT2D eigenvalue weighted by Crippen LogP contribution is 2.27. The summed E-state index contributed by atoms with van der Waals surface area (Å²) in [5.74, 6) is 0.643. The molecule has 102 valence electrons. The van der Waals surface area contributed by atoms with E-state index >= 15 is 0 Å². The molecule has 2 aromatic carbocycles.